The predicted molar refractivity (Wildman–Crippen MR) is 71.8 cm³/mol. The van der Waals surface area contributed by atoms with Crippen LogP contribution in [0.5, 0.6) is 0 Å². The van der Waals surface area contributed by atoms with Gasteiger partial charge in [0.15, 0.2) is 0 Å². The summed E-state index contributed by atoms with van der Waals surface area (Å²) in [7, 11) is -3.47. The zero-order chi connectivity index (χ0) is 13.6. The van der Waals surface area contributed by atoms with Crippen LogP contribution in [0, 0.1) is 0 Å². The van der Waals surface area contributed by atoms with E-state index < -0.39 is 10.0 Å². The highest BCUT2D eigenvalue weighted by molar-refractivity contribution is 7.91. The van der Waals surface area contributed by atoms with E-state index in [9.17, 15) is 8.42 Å². The second-order valence-electron chi connectivity index (χ2n) is 3.50. The molecular formula is C9H14ClN3O3S2. The number of halogens is 1. The van der Waals surface area contributed by atoms with Crippen LogP contribution in [-0.4, -0.2) is 26.0 Å². The summed E-state index contributed by atoms with van der Waals surface area (Å²) in [5.41, 5.74) is 5.28. The molecule has 0 saturated heterocycles. The quantitative estimate of drug-likeness (QED) is 0.234. The highest BCUT2D eigenvalue weighted by Crippen LogP contribution is 2.25. The number of nitrogens with one attached hydrogen (secondary N) is 1. The van der Waals surface area contributed by atoms with Gasteiger partial charge in [-0.25, -0.2) is 13.1 Å². The average Bonchev–Trinajstić information content (AvgIpc) is 2.75. The molecule has 9 heteroatoms. The first-order valence-electron chi connectivity index (χ1n) is 5.17. The third kappa shape index (κ3) is 4.81. The molecule has 1 aromatic heterocycles. The zero-order valence-electron chi connectivity index (χ0n) is 9.47. The fraction of sp³-hybridized carbons (Fsp3) is 0.444. The van der Waals surface area contributed by atoms with E-state index in [0.29, 0.717) is 30.1 Å². The number of sulfonamides is 1. The maximum atomic E-state index is 11.8. The van der Waals surface area contributed by atoms with E-state index in [0.717, 1.165) is 11.3 Å². The monoisotopic (exact) mass is 311 g/mol. The van der Waals surface area contributed by atoms with Crippen molar-refractivity contribution in [2.75, 3.05) is 6.54 Å². The normalized spacial score (nSPS) is 12.8. The highest BCUT2D eigenvalue weighted by atomic mass is 35.5. The Morgan fingerprint density at radius 3 is 2.78 bits per heavy atom. The molecule has 0 atom stereocenters. The summed E-state index contributed by atoms with van der Waals surface area (Å²) >= 11 is 6.69. The topological polar surface area (TPSA) is 105 Å². The first kappa shape index (κ1) is 15.2. The van der Waals surface area contributed by atoms with Crippen molar-refractivity contribution in [2.45, 2.75) is 23.5 Å². The number of amidine groups is 1. The molecule has 0 radical (unpaired) electrons. The first-order valence-corrected chi connectivity index (χ1v) is 7.85. The SMILES string of the molecule is NC(CCCCNS(=O)(=O)c1ccc(Cl)s1)=NO. The number of nitrogens with zero attached hydrogens (tertiary/aromatic N) is 1. The Bertz CT molecular complexity index is 513. The van der Waals surface area contributed by atoms with Gasteiger partial charge in [0.25, 0.3) is 0 Å². The van der Waals surface area contributed by atoms with E-state index >= 15 is 0 Å². The molecule has 0 aliphatic heterocycles. The van der Waals surface area contributed by atoms with Gasteiger partial charge in [0.2, 0.25) is 10.0 Å². The summed E-state index contributed by atoms with van der Waals surface area (Å²) in [4.78, 5) is 0. The Kier molecular flexibility index (Phi) is 5.86. The lowest BCUT2D eigenvalue weighted by molar-refractivity contribution is 0.316. The lowest BCUT2D eigenvalue weighted by Gasteiger charge is -2.04. The average molecular weight is 312 g/mol. The molecule has 1 rings (SSSR count). The number of oxime groups is 1. The van der Waals surface area contributed by atoms with Gasteiger partial charge in [-0.15, -0.1) is 11.3 Å². The molecule has 0 fully saturated rings. The maximum Gasteiger partial charge on any atom is 0.250 e. The minimum atomic E-state index is -3.47. The minimum absolute atomic E-state index is 0.142. The van der Waals surface area contributed by atoms with Crippen molar-refractivity contribution in [3.05, 3.63) is 16.5 Å². The second kappa shape index (κ2) is 6.93. The third-order valence-corrected chi connectivity index (χ3v) is 5.28. The van der Waals surface area contributed by atoms with Crippen LogP contribution < -0.4 is 10.5 Å². The molecule has 0 bridgehead atoms. The molecule has 0 aliphatic rings. The van der Waals surface area contributed by atoms with Crippen molar-refractivity contribution < 1.29 is 13.6 Å². The summed E-state index contributed by atoms with van der Waals surface area (Å²) in [6, 6.07) is 3.00. The van der Waals surface area contributed by atoms with Crippen molar-refractivity contribution in [1.29, 1.82) is 0 Å². The first-order chi connectivity index (χ1) is 8.45. The van der Waals surface area contributed by atoms with Crippen molar-refractivity contribution in [1.82, 2.24) is 4.72 Å². The Morgan fingerprint density at radius 2 is 2.22 bits per heavy atom. The van der Waals surface area contributed by atoms with E-state index in [-0.39, 0.29) is 10.0 Å². The van der Waals surface area contributed by atoms with Gasteiger partial charge in [-0.05, 0) is 25.0 Å². The van der Waals surface area contributed by atoms with E-state index in [4.69, 9.17) is 22.5 Å². The number of unbranched alkanes of at least 4 members (excludes halogenated alkanes) is 1. The molecule has 0 aromatic carbocycles. The smallest absolute Gasteiger partial charge is 0.250 e. The zero-order valence-corrected chi connectivity index (χ0v) is 11.9. The van der Waals surface area contributed by atoms with E-state index in [1.165, 1.54) is 6.07 Å². The van der Waals surface area contributed by atoms with E-state index in [2.05, 4.69) is 9.88 Å². The molecule has 1 aromatic rings. The van der Waals surface area contributed by atoms with Crippen molar-refractivity contribution in [2.24, 2.45) is 10.9 Å². The standard InChI is InChI=1S/C9H14ClN3O3S2/c10-7-4-5-9(17-7)18(15,16)12-6-2-1-3-8(11)13-14/h4-5,12,14H,1-3,6H2,(H2,11,13). The van der Waals surface area contributed by atoms with Gasteiger partial charge in [0, 0.05) is 13.0 Å². The predicted octanol–water partition coefficient (Wildman–Crippen LogP) is 1.60. The molecule has 4 N–H and O–H groups in total. The van der Waals surface area contributed by atoms with Gasteiger partial charge in [-0.2, -0.15) is 0 Å². The van der Waals surface area contributed by atoms with Gasteiger partial charge in [-0.1, -0.05) is 16.8 Å². The molecule has 1 heterocycles. The van der Waals surface area contributed by atoms with Gasteiger partial charge >= 0.3 is 0 Å². The lowest BCUT2D eigenvalue weighted by atomic mass is 10.2. The van der Waals surface area contributed by atoms with Gasteiger partial charge in [-0.3, -0.25) is 0 Å². The number of hydrogen-bond donors (Lipinski definition) is 3. The second-order valence-corrected chi connectivity index (χ2v) is 7.21. The van der Waals surface area contributed by atoms with Gasteiger partial charge < -0.3 is 10.9 Å². The Hall–Kier alpha value is -0.830. The van der Waals surface area contributed by atoms with Crippen LogP contribution in [0.2, 0.25) is 4.34 Å². The summed E-state index contributed by atoms with van der Waals surface area (Å²) < 4.78 is 26.6. The molecule has 18 heavy (non-hydrogen) atoms. The van der Waals surface area contributed by atoms with Crippen molar-refractivity contribution in [3.63, 3.8) is 0 Å². The lowest BCUT2D eigenvalue weighted by Crippen LogP contribution is -2.24. The minimum Gasteiger partial charge on any atom is -0.409 e. The van der Waals surface area contributed by atoms with E-state index in [1.54, 1.807) is 6.07 Å². The maximum absolute atomic E-state index is 11.8. The molecular weight excluding hydrogens is 298 g/mol. The Balaban J connectivity index is 2.35. The van der Waals surface area contributed by atoms with Gasteiger partial charge in [0.05, 0.1) is 4.34 Å². The van der Waals surface area contributed by atoms with Crippen LogP contribution in [-0.2, 0) is 10.0 Å². The number of nitrogens with two attached hydrogens (primary N) is 1. The summed E-state index contributed by atoms with van der Waals surface area (Å²) in [5, 5.41) is 11.1. The van der Waals surface area contributed by atoms with Crippen LogP contribution in [0.25, 0.3) is 0 Å². The summed E-state index contributed by atoms with van der Waals surface area (Å²) in [5.74, 6) is 0.142. The molecule has 0 amide bonds. The fourth-order valence-corrected chi connectivity index (χ4v) is 3.80. The third-order valence-electron chi connectivity index (χ3n) is 2.09. The molecule has 6 nitrogen and oxygen atoms in total. The molecule has 0 unspecified atom stereocenters. The molecule has 0 spiro atoms. The van der Waals surface area contributed by atoms with Crippen molar-refractivity contribution in [3.8, 4) is 0 Å². The fourth-order valence-electron chi connectivity index (χ4n) is 1.20. The molecule has 102 valence electrons. The van der Waals surface area contributed by atoms with E-state index in [1.807, 2.05) is 0 Å². The summed E-state index contributed by atoms with van der Waals surface area (Å²) in [6.45, 7) is 0.302. The summed E-state index contributed by atoms with van der Waals surface area (Å²) in [6.07, 6.45) is 1.68. The van der Waals surface area contributed by atoms with Gasteiger partial charge in [0.1, 0.15) is 10.0 Å². The molecule has 0 aliphatic carbocycles. The van der Waals surface area contributed by atoms with Crippen LogP contribution in [0.15, 0.2) is 21.5 Å². The molecule has 0 saturated carbocycles. The Labute approximate surface area is 114 Å². The van der Waals surface area contributed by atoms with Crippen molar-refractivity contribution >= 4 is 38.8 Å². The number of thiophene rings is 1. The van der Waals surface area contributed by atoms with Crippen LogP contribution in [0.4, 0.5) is 0 Å². The Morgan fingerprint density at radius 1 is 1.50 bits per heavy atom. The highest BCUT2D eigenvalue weighted by Gasteiger charge is 2.15. The van der Waals surface area contributed by atoms with Crippen LogP contribution >= 0.6 is 22.9 Å². The largest absolute Gasteiger partial charge is 0.409 e. The van der Waals surface area contributed by atoms with Crippen LogP contribution in [0.3, 0.4) is 0 Å². The number of rotatable bonds is 7. The van der Waals surface area contributed by atoms with Crippen LogP contribution in [0.1, 0.15) is 19.3 Å². The number of hydrogen-bond acceptors (Lipinski definition) is 5.